The van der Waals surface area contributed by atoms with Crippen LogP contribution in [0.1, 0.15) is 18.4 Å². The first-order valence-corrected chi connectivity index (χ1v) is 4.84. The van der Waals surface area contributed by atoms with Crippen LogP contribution >= 0.6 is 0 Å². The summed E-state index contributed by atoms with van der Waals surface area (Å²) in [6.45, 7) is 0.509. The Morgan fingerprint density at radius 3 is 2.60 bits per heavy atom. The van der Waals surface area contributed by atoms with Crippen LogP contribution in [-0.2, 0) is 13.0 Å². The minimum absolute atomic E-state index is 0.246. The van der Waals surface area contributed by atoms with Crippen LogP contribution in [0.25, 0.3) is 0 Å². The second kappa shape index (κ2) is 5.23. The number of halogens is 2. The zero-order valence-electron chi connectivity index (χ0n) is 8.59. The summed E-state index contributed by atoms with van der Waals surface area (Å²) in [5.74, 6) is -1.61. The summed E-state index contributed by atoms with van der Waals surface area (Å²) >= 11 is 0. The topological polar surface area (TPSA) is 45.4 Å². The molecule has 0 atom stereocenters. The highest BCUT2D eigenvalue weighted by atomic mass is 19.3. The maximum absolute atomic E-state index is 12.6. The van der Waals surface area contributed by atoms with E-state index in [1.165, 1.54) is 0 Å². The maximum atomic E-state index is 12.6. The minimum Gasteiger partial charge on any atom is -0.465 e. The van der Waals surface area contributed by atoms with Gasteiger partial charge in [-0.25, -0.2) is 8.78 Å². The quantitative estimate of drug-likeness (QED) is 0.763. The smallest absolute Gasteiger partial charge is 0.282 e. The van der Waals surface area contributed by atoms with Gasteiger partial charge in [-0.1, -0.05) is 6.92 Å². The lowest BCUT2D eigenvalue weighted by Gasteiger charge is -2.12. The van der Waals surface area contributed by atoms with Crippen LogP contribution in [0.4, 0.5) is 8.78 Å². The van der Waals surface area contributed by atoms with Crippen LogP contribution in [-0.4, -0.2) is 24.2 Å². The van der Waals surface area contributed by atoms with Crippen LogP contribution in [0.5, 0.6) is 0 Å². The number of rotatable bonds is 6. The van der Waals surface area contributed by atoms with Crippen molar-refractivity contribution < 1.29 is 18.3 Å². The molecule has 3 nitrogen and oxygen atoms in total. The van der Waals surface area contributed by atoms with Gasteiger partial charge in [0.05, 0.1) is 13.1 Å². The summed E-state index contributed by atoms with van der Waals surface area (Å²) in [4.78, 5) is 0. The van der Waals surface area contributed by atoms with E-state index in [0.29, 0.717) is 5.76 Å². The Hall–Kier alpha value is -0.940. The summed E-state index contributed by atoms with van der Waals surface area (Å²) in [7, 11) is 0. The summed E-state index contributed by atoms with van der Waals surface area (Å²) < 4.78 is 30.5. The van der Waals surface area contributed by atoms with Gasteiger partial charge in [0.1, 0.15) is 18.1 Å². The molecule has 0 saturated carbocycles. The van der Waals surface area contributed by atoms with Gasteiger partial charge in [-0.15, -0.1) is 0 Å². The molecule has 86 valence electrons. The molecule has 1 aromatic heterocycles. The second-order valence-corrected chi connectivity index (χ2v) is 3.34. The molecule has 0 spiro atoms. The molecule has 2 N–H and O–H groups in total. The van der Waals surface area contributed by atoms with E-state index >= 15 is 0 Å². The lowest BCUT2D eigenvalue weighted by atomic mass is 10.3. The number of hydrogen-bond acceptors (Lipinski definition) is 3. The average Bonchev–Trinajstić information content (AvgIpc) is 2.66. The first-order valence-electron chi connectivity index (χ1n) is 4.84. The van der Waals surface area contributed by atoms with Gasteiger partial charge in [-0.3, -0.25) is 0 Å². The zero-order chi connectivity index (χ0) is 11.3. The number of hydrogen-bond donors (Lipinski definition) is 2. The first-order chi connectivity index (χ1) is 7.07. The third kappa shape index (κ3) is 3.97. The lowest BCUT2D eigenvalue weighted by molar-refractivity contribution is -0.0479. The first kappa shape index (κ1) is 12.1. The van der Waals surface area contributed by atoms with E-state index in [2.05, 4.69) is 5.32 Å². The Kier molecular flexibility index (Phi) is 4.23. The molecule has 1 rings (SSSR count). The third-order valence-corrected chi connectivity index (χ3v) is 1.98. The Labute approximate surface area is 87.1 Å². The highest BCUT2D eigenvalue weighted by Crippen LogP contribution is 2.11. The molecule has 0 unspecified atom stereocenters. The van der Waals surface area contributed by atoms with E-state index in [4.69, 9.17) is 9.52 Å². The van der Waals surface area contributed by atoms with Crippen LogP contribution in [0.3, 0.4) is 0 Å². The molecule has 0 aromatic carbocycles. The van der Waals surface area contributed by atoms with Crippen LogP contribution in [0.2, 0.25) is 0 Å². The fourth-order valence-electron chi connectivity index (χ4n) is 1.13. The number of alkyl halides is 2. The highest BCUT2D eigenvalue weighted by molar-refractivity contribution is 5.06. The standard InChI is InChI=1S/C10H15F2NO2/c1-2-8-3-4-9(15-8)5-13-6-10(11,12)7-14/h3-4,13-14H,2,5-7H2,1H3. The summed E-state index contributed by atoms with van der Waals surface area (Å²) in [5, 5.41) is 10.8. The van der Waals surface area contributed by atoms with E-state index in [1.54, 1.807) is 6.07 Å². The molecule has 1 heterocycles. The van der Waals surface area contributed by atoms with Crippen molar-refractivity contribution in [1.82, 2.24) is 5.32 Å². The molecule has 0 saturated heterocycles. The molecule has 0 fully saturated rings. The van der Waals surface area contributed by atoms with E-state index in [-0.39, 0.29) is 6.54 Å². The van der Waals surface area contributed by atoms with Crippen molar-refractivity contribution in [2.45, 2.75) is 25.8 Å². The maximum Gasteiger partial charge on any atom is 0.282 e. The van der Waals surface area contributed by atoms with Crippen LogP contribution in [0, 0.1) is 0 Å². The molecule has 0 aliphatic rings. The van der Waals surface area contributed by atoms with Gasteiger partial charge in [0.25, 0.3) is 5.92 Å². The number of aliphatic hydroxyl groups is 1. The fraction of sp³-hybridized carbons (Fsp3) is 0.600. The third-order valence-electron chi connectivity index (χ3n) is 1.98. The van der Waals surface area contributed by atoms with Crippen LogP contribution < -0.4 is 5.32 Å². The van der Waals surface area contributed by atoms with E-state index in [0.717, 1.165) is 12.2 Å². The largest absolute Gasteiger partial charge is 0.465 e. The van der Waals surface area contributed by atoms with Gasteiger partial charge in [0.15, 0.2) is 0 Å². The fourth-order valence-corrected chi connectivity index (χ4v) is 1.13. The number of furan rings is 1. The normalized spacial score (nSPS) is 12.0. The Balaban J connectivity index is 2.31. The molecule has 1 aromatic rings. The number of nitrogens with one attached hydrogen (secondary N) is 1. The molecule has 15 heavy (non-hydrogen) atoms. The van der Waals surface area contributed by atoms with Crippen molar-refractivity contribution in [3.05, 3.63) is 23.7 Å². The van der Waals surface area contributed by atoms with Gasteiger partial charge < -0.3 is 14.8 Å². The SMILES string of the molecule is CCc1ccc(CNCC(F)(F)CO)o1. The average molecular weight is 219 g/mol. The molecule has 0 radical (unpaired) electrons. The summed E-state index contributed by atoms with van der Waals surface area (Å²) in [6.07, 6.45) is 0.785. The lowest BCUT2D eigenvalue weighted by Crippen LogP contribution is -2.35. The Bertz CT molecular complexity index is 299. The van der Waals surface area contributed by atoms with Gasteiger partial charge in [-0.2, -0.15) is 0 Å². The highest BCUT2D eigenvalue weighted by Gasteiger charge is 2.26. The van der Waals surface area contributed by atoms with Crippen molar-refractivity contribution in [3.8, 4) is 0 Å². The van der Waals surface area contributed by atoms with E-state index < -0.39 is 19.1 Å². The Morgan fingerprint density at radius 2 is 2.07 bits per heavy atom. The molecule has 0 aliphatic heterocycles. The van der Waals surface area contributed by atoms with Gasteiger partial charge in [-0.05, 0) is 12.1 Å². The predicted molar refractivity (Wildman–Crippen MR) is 51.8 cm³/mol. The summed E-state index contributed by atoms with van der Waals surface area (Å²) in [5.41, 5.74) is 0. The van der Waals surface area contributed by atoms with E-state index in [9.17, 15) is 8.78 Å². The summed E-state index contributed by atoms with van der Waals surface area (Å²) in [6, 6.07) is 3.57. The molecule has 0 aliphatic carbocycles. The van der Waals surface area contributed by atoms with Gasteiger partial charge >= 0.3 is 0 Å². The van der Waals surface area contributed by atoms with Gasteiger partial charge in [0.2, 0.25) is 0 Å². The number of aryl methyl sites for hydroxylation is 1. The molecule has 5 heteroatoms. The molecular formula is C10H15F2NO2. The van der Waals surface area contributed by atoms with Crippen molar-refractivity contribution in [2.75, 3.05) is 13.2 Å². The van der Waals surface area contributed by atoms with Crippen molar-refractivity contribution >= 4 is 0 Å². The molecular weight excluding hydrogens is 204 g/mol. The zero-order valence-corrected chi connectivity index (χ0v) is 8.59. The molecule has 0 bridgehead atoms. The van der Waals surface area contributed by atoms with Crippen LogP contribution in [0.15, 0.2) is 16.5 Å². The van der Waals surface area contributed by atoms with Crippen molar-refractivity contribution in [2.24, 2.45) is 0 Å². The monoisotopic (exact) mass is 219 g/mol. The molecule has 0 amide bonds. The van der Waals surface area contributed by atoms with Crippen molar-refractivity contribution in [3.63, 3.8) is 0 Å². The Morgan fingerprint density at radius 1 is 1.40 bits per heavy atom. The second-order valence-electron chi connectivity index (χ2n) is 3.34. The minimum atomic E-state index is -3.07. The van der Waals surface area contributed by atoms with Crippen molar-refractivity contribution in [1.29, 1.82) is 0 Å². The van der Waals surface area contributed by atoms with Gasteiger partial charge in [0, 0.05) is 6.42 Å². The predicted octanol–water partition coefficient (Wildman–Crippen LogP) is 1.56. The number of aliphatic hydroxyl groups excluding tert-OH is 1. The van der Waals surface area contributed by atoms with E-state index in [1.807, 2.05) is 13.0 Å².